The van der Waals surface area contributed by atoms with Gasteiger partial charge in [-0.15, -0.1) is 12.4 Å². The Bertz CT molecular complexity index is 780. The molecule has 0 saturated heterocycles. The van der Waals surface area contributed by atoms with Crippen LogP contribution in [0.5, 0.6) is 0 Å². The molecule has 0 fully saturated rings. The third-order valence-corrected chi connectivity index (χ3v) is 3.75. The van der Waals surface area contributed by atoms with Crippen molar-refractivity contribution >= 4 is 29.0 Å². The summed E-state index contributed by atoms with van der Waals surface area (Å²) in [6.07, 6.45) is -0.438. The molecule has 0 saturated carbocycles. The fraction of sp³-hybridized carbons (Fsp3) is 0.211. The number of hydrogen-bond donors (Lipinski definition) is 3. The average Bonchev–Trinajstić information content (AvgIpc) is 2.60. The Morgan fingerprint density at radius 3 is 2.46 bits per heavy atom. The van der Waals surface area contributed by atoms with Crippen molar-refractivity contribution in [1.29, 1.82) is 0 Å². The van der Waals surface area contributed by atoms with Gasteiger partial charge in [0, 0.05) is 29.7 Å². The van der Waals surface area contributed by atoms with Gasteiger partial charge in [0.15, 0.2) is 0 Å². The van der Waals surface area contributed by atoms with Gasteiger partial charge in [0.2, 0.25) is 0 Å². The first kappa shape index (κ1) is 18.2. The number of nitrogens with one attached hydrogen (secondary N) is 2. The van der Waals surface area contributed by atoms with Crippen LogP contribution in [0.15, 0.2) is 60.7 Å². The summed E-state index contributed by atoms with van der Waals surface area (Å²) in [4.78, 5) is 4.75. The fourth-order valence-electron chi connectivity index (χ4n) is 2.61. The lowest BCUT2D eigenvalue weighted by Gasteiger charge is -2.15. The molecule has 1 heterocycles. The van der Waals surface area contributed by atoms with Crippen molar-refractivity contribution in [3.63, 3.8) is 0 Å². The summed E-state index contributed by atoms with van der Waals surface area (Å²) in [5.41, 5.74) is 3.94. The molecule has 0 aliphatic carbocycles. The molecule has 24 heavy (non-hydrogen) atoms. The van der Waals surface area contributed by atoms with Crippen LogP contribution >= 0.6 is 12.4 Å². The molecule has 3 aromatic rings. The summed E-state index contributed by atoms with van der Waals surface area (Å²) in [7, 11) is 1.83. The maximum absolute atomic E-state index is 9.93. The molecule has 5 heteroatoms. The van der Waals surface area contributed by atoms with Crippen molar-refractivity contribution in [3.05, 3.63) is 60.7 Å². The Morgan fingerprint density at radius 1 is 1.00 bits per heavy atom. The van der Waals surface area contributed by atoms with Gasteiger partial charge in [0.05, 0.1) is 17.3 Å². The van der Waals surface area contributed by atoms with Crippen molar-refractivity contribution in [1.82, 2.24) is 10.3 Å². The number of aliphatic hydroxyl groups excluding tert-OH is 1. The van der Waals surface area contributed by atoms with Crippen LogP contribution in [-0.2, 0) is 0 Å². The number of likely N-dealkylation sites (N-methyl/N-ethyl adjacent to an activating group) is 1. The van der Waals surface area contributed by atoms with Crippen LogP contribution < -0.4 is 10.6 Å². The predicted octanol–water partition coefficient (Wildman–Crippen LogP) is 3.32. The number of hydrogen-bond acceptors (Lipinski definition) is 4. The van der Waals surface area contributed by atoms with Crippen molar-refractivity contribution in [2.24, 2.45) is 0 Å². The molecular weight excluding hydrogens is 322 g/mol. The summed E-state index contributed by atoms with van der Waals surface area (Å²) in [5.74, 6) is 0. The third-order valence-electron chi connectivity index (χ3n) is 3.75. The van der Waals surface area contributed by atoms with Gasteiger partial charge in [-0.3, -0.25) is 0 Å². The van der Waals surface area contributed by atoms with E-state index < -0.39 is 6.10 Å². The zero-order valence-corrected chi connectivity index (χ0v) is 14.4. The lowest BCUT2D eigenvalue weighted by molar-refractivity contribution is 0.187. The first-order valence-corrected chi connectivity index (χ1v) is 7.79. The first-order valence-electron chi connectivity index (χ1n) is 7.79. The van der Waals surface area contributed by atoms with Crippen molar-refractivity contribution < 1.29 is 5.11 Å². The van der Waals surface area contributed by atoms with Gasteiger partial charge < -0.3 is 15.7 Å². The van der Waals surface area contributed by atoms with Gasteiger partial charge in [-0.2, -0.15) is 0 Å². The second kappa shape index (κ2) is 8.64. The maximum Gasteiger partial charge on any atom is 0.0836 e. The number of benzene rings is 2. The van der Waals surface area contributed by atoms with E-state index in [-0.39, 0.29) is 12.4 Å². The largest absolute Gasteiger partial charge is 0.390 e. The highest BCUT2D eigenvalue weighted by atomic mass is 35.5. The molecule has 4 nitrogen and oxygen atoms in total. The Kier molecular flexibility index (Phi) is 6.55. The van der Waals surface area contributed by atoms with E-state index in [0.29, 0.717) is 13.1 Å². The molecule has 0 unspecified atom stereocenters. The van der Waals surface area contributed by atoms with Crippen LogP contribution in [0.3, 0.4) is 0 Å². The molecule has 0 spiro atoms. The number of fused-ring (bicyclic) bond motifs is 1. The minimum Gasteiger partial charge on any atom is -0.390 e. The summed E-state index contributed by atoms with van der Waals surface area (Å²) in [6.45, 7) is 1.05. The second-order valence-corrected chi connectivity index (χ2v) is 5.53. The SMILES string of the molecule is CNC[C@H](O)CNc1cc(-c2ccccc2)nc2ccccc12.Cl. The number of anilines is 1. The van der Waals surface area contributed by atoms with Gasteiger partial charge in [-0.05, 0) is 19.2 Å². The summed E-state index contributed by atoms with van der Waals surface area (Å²) >= 11 is 0. The zero-order chi connectivity index (χ0) is 16.1. The molecule has 2 aromatic carbocycles. The van der Waals surface area contributed by atoms with Crippen LogP contribution in [0.1, 0.15) is 0 Å². The van der Waals surface area contributed by atoms with E-state index in [9.17, 15) is 5.11 Å². The molecule has 0 aliphatic heterocycles. The highest BCUT2D eigenvalue weighted by Crippen LogP contribution is 2.28. The number of nitrogens with zero attached hydrogens (tertiary/aromatic N) is 1. The normalized spacial score (nSPS) is 11.8. The van der Waals surface area contributed by atoms with E-state index >= 15 is 0 Å². The molecule has 0 amide bonds. The monoisotopic (exact) mass is 343 g/mol. The number of rotatable bonds is 6. The summed E-state index contributed by atoms with van der Waals surface area (Å²) in [5, 5.41) is 17.3. The molecular formula is C19H22ClN3O. The minimum atomic E-state index is -0.438. The van der Waals surface area contributed by atoms with Crippen LogP contribution in [0.2, 0.25) is 0 Å². The number of halogens is 1. The topological polar surface area (TPSA) is 57.2 Å². The Morgan fingerprint density at radius 2 is 1.71 bits per heavy atom. The molecule has 0 aliphatic rings. The Balaban J connectivity index is 0.00000208. The van der Waals surface area contributed by atoms with Crippen molar-refractivity contribution in [3.8, 4) is 11.3 Å². The van der Waals surface area contributed by atoms with Crippen LogP contribution in [-0.4, -0.2) is 36.3 Å². The molecule has 1 aromatic heterocycles. The maximum atomic E-state index is 9.93. The van der Waals surface area contributed by atoms with Gasteiger partial charge in [-0.1, -0.05) is 48.5 Å². The smallest absolute Gasteiger partial charge is 0.0836 e. The third kappa shape index (κ3) is 4.23. The fourth-order valence-corrected chi connectivity index (χ4v) is 2.61. The molecule has 126 valence electrons. The Labute approximate surface area is 148 Å². The van der Waals surface area contributed by atoms with E-state index in [4.69, 9.17) is 4.98 Å². The standard InChI is InChI=1S/C19H21N3O.ClH/c1-20-12-15(23)13-21-19-11-18(14-7-3-2-4-8-14)22-17-10-6-5-9-16(17)19;/h2-11,15,20,23H,12-13H2,1H3,(H,21,22);1H/t15-;/m0./s1. The number of para-hydroxylation sites is 1. The van der Waals surface area contributed by atoms with Crippen molar-refractivity contribution in [2.45, 2.75) is 6.10 Å². The molecule has 0 radical (unpaired) electrons. The predicted molar refractivity (Wildman–Crippen MR) is 103 cm³/mol. The van der Waals surface area contributed by atoms with Crippen LogP contribution in [0, 0.1) is 0 Å². The van der Waals surface area contributed by atoms with Crippen LogP contribution in [0.25, 0.3) is 22.2 Å². The molecule has 0 bridgehead atoms. The number of aromatic nitrogens is 1. The number of aliphatic hydroxyl groups is 1. The molecule has 1 atom stereocenters. The van der Waals surface area contributed by atoms with E-state index in [0.717, 1.165) is 27.8 Å². The van der Waals surface area contributed by atoms with E-state index in [1.54, 1.807) is 0 Å². The summed E-state index contributed by atoms with van der Waals surface area (Å²) < 4.78 is 0. The zero-order valence-electron chi connectivity index (χ0n) is 13.6. The van der Waals surface area contributed by atoms with E-state index in [1.165, 1.54) is 0 Å². The van der Waals surface area contributed by atoms with E-state index in [2.05, 4.69) is 22.8 Å². The Hall–Kier alpha value is -2.14. The highest BCUT2D eigenvalue weighted by molar-refractivity contribution is 5.93. The lowest BCUT2D eigenvalue weighted by atomic mass is 10.1. The van der Waals surface area contributed by atoms with Crippen molar-refractivity contribution in [2.75, 3.05) is 25.5 Å². The first-order chi connectivity index (χ1) is 11.3. The molecule has 3 rings (SSSR count). The number of pyridine rings is 1. The van der Waals surface area contributed by atoms with E-state index in [1.807, 2.05) is 55.6 Å². The molecule has 3 N–H and O–H groups in total. The summed E-state index contributed by atoms with van der Waals surface area (Å²) in [6, 6.07) is 20.2. The van der Waals surface area contributed by atoms with Gasteiger partial charge in [-0.25, -0.2) is 4.98 Å². The second-order valence-electron chi connectivity index (χ2n) is 5.53. The van der Waals surface area contributed by atoms with Gasteiger partial charge >= 0.3 is 0 Å². The highest BCUT2D eigenvalue weighted by Gasteiger charge is 2.09. The quantitative estimate of drug-likeness (QED) is 0.642. The van der Waals surface area contributed by atoms with Gasteiger partial charge in [0.25, 0.3) is 0 Å². The lowest BCUT2D eigenvalue weighted by Crippen LogP contribution is -2.30. The average molecular weight is 344 g/mol. The van der Waals surface area contributed by atoms with Gasteiger partial charge in [0.1, 0.15) is 0 Å². The van der Waals surface area contributed by atoms with Crippen LogP contribution in [0.4, 0.5) is 5.69 Å². The minimum absolute atomic E-state index is 0.